The molecule has 2 aromatic heterocycles. The number of ether oxygens (including phenoxy) is 1. The third-order valence-electron chi connectivity index (χ3n) is 4.69. The first-order valence-corrected chi connectivity index (χ1v) is 10.9. The number of non-ortho nitro benzene ring substituents is 1. The Hall–Kier alpha value is -2.53. The average Bonchev–Trinajstić information content (AvgIpc) is 3.30. The number of nitrogens with one attached hydrogen (secondary N) is 2. The van der Waals surface area contributed by atoms with Gasteiger partial charge in [0.05, 0.1) is 17.4 Å². The summed E-state index contributed by atoms with van der Waals surface area (Å²) < 4.78 is 7.82. The minimum atomic E-state index is -1.13. The number of nitrogens with zero attached hydrogens (tertiary/aromatic N) is 5. The number of rotatable bonds is 5. The zero-order valence-electron chi connectivity index (χ0n) is 15.6. The Balaban J connectivity index is 1.53. The Morgan fingerprint density at radius 1 is 1.23 bits per heavy atom. The van der Waals surface area contributed by atoms with Gasteiger partial charge in [-0.25, -0.2) is 15.0 Å². The van der Waals surface area contributed by atoms with Crippen molar-refractivity contribution in [3.05, 3.63) is 47.0 Å². The summed E-state index contributed by atoms with van der Waals surface area (Å²) in [6.45, 7) is 0. The molecule has 12 nitrogen and oxygen atoms in total. The number of hydrogen-bond acceptors (Lipinski definition) is 9. The first-order valence-electron chi connectivity index (χ1n) is 8.96. The van der Waals surface area contributed by atoms with Crippen molar-refractivity contribution in [2.75, 3.05) is 15.1 Å². The summed E-state index contributed by atoms with van der Waals surface area (Å²) in [5.41, 5.74) is 1.30. The Kier molecular flexibility index (Phi) is 6.24. The molecule has 14 heteroatoms. The maximum absolute atomic E-state index is 10.8. The quantitative estimate of drug-likeness (QED) is 0.119. The number of fused-ring (bicyclic) bond motifs is 1. The Morgan fingerprint density at radius 3 is 2.61 bits per heavy atom. The second-order valence-electron chi connectivity index (χ2n) is 6.63. The van der Waals surface area contributed by atoms with Crippen molar-refractivity contribution in [3.63, 3.8) is 0 Å². The predicted octanol–water partition coefficient (Wildman–Crippen LogP) is 1.60. The van der Waals surface area contributed by atoms with Gasteiger partial charge in [0.15, 0.2) is 28.3 Å². The number of imidazole rings is 1. The molecule has 0 saturated carbocycles. The Bertz CT molecular complexity index is 1130. The maximum Gasteiger partial charge on any atom is 0.269 e. The summed E-state index contributed by atoms with van der Waals surface area (Å²) in [5, 5.41) is 37.3. The summed E-state index contributed by atoms with van der Waals surface area (Å²) in [4.78, 5) is 23.0. The molecule has 4 unspecified atom stereocenters. The summed E-state index contributed by atoms with van der Waals surface area (Å²) in [6.07, 6.45) is -0.729. The summed E-state index contributed by atoms with van der Waals surface area (Å²) >= 11 is 7.38. The number of nitro benzene ring substituents is 1. The third kappa shape index (κ3) is 4.29. The van der Waals surface area contributed by atoms with Gasteiger partial charge < -0.3 is 25.6 Å². The number of halogens is 1. The van der Waals surface area contributed by atoms with Crippen LogP contribution in [0.15, 0.2) is 36.9 Å². The molecule has 162 valence electrons. The largest absolute Gasteiger partial charge is 0.387 e. The van der Waals surface area contributed by atoms with Crippen LogP contribution in [0.2, 0.25) is 0 Å². The lowest BCUT2D eigenvalue weighted by Crippen LogP contribution is -2.32. The van der Waals surface area contributed by atoms with E-state index in [9.17, 15) is 20.3 Å². The smallest absolute Gasteiger partial charge is 0.269 e. The molecule has 3 aromatic rings. The van der Waals surface area contributed by atoms with E-state index in [2.05, 4.69) is 48.2 Å². The number of benzene rings is 1. The van der Waals surface area contributed by atoms with Gasteiger partial charge in [-0.2, -0.15) is 0 Å². The van der Waals surface area contributed by atoms with Crippen LogP contribution in [0, 0.1) is 10.1 Å². The first-order chi connectivity index (χ1) is 14.9. The van der Waals surface area contributed by atoms with Crippen LogP contribution in [0.1, 0.15) is 6.23 Å². The molecule has 1 saturated heterocycles. The number of alkyl halides is 1. The fourth-order valence-corrected chi connectivity index (χ4v) is 4.10. The molecule has 4 rings (SSSR count). The van der Waals surface area contributed by atoms with E-state index in [1.165, 1.54) is 41.5 Å². The van der Waals surface area contributed by atoms with E-state index in [4.69, 9.17) is 17.0 Å². The standard InChI is InChI=1S/C17H16IN7O5S/c18-5-10-12(26)13(27)16(30-10)24-7-21-11-14(19-6-20-15(11)24)23-17(31)22-8-1-3-9(4-2-8)25(28)29/h1-4,6-7,10,12-13,16,26-27H,5H2,(H2,19,20,22,23,31). The molecule has 0 spiro atoms. The molecule has 0 amide bonds. The van der Waals surface area contributed by atoms with Gasteiger partial charge in [-0.1, -0.05) is 22.6 Å². The van der Waals surface area contributed by atoms with Gasteiger partial charge in [0, 0.05) is 22.2 Å². The van der Waals surface area contributed by atoms with Gasteiger partial charge in [0.2, 0.25) is 0 Å². The van der Waals surface area contributed by atoms with Gasteiger partial charge in [0.1, 0.15) is 18.5 Å². The molecule has 0 bridgehead atoms. The molecule has 0 radical (unpaired) electrons. The van der Waals surface area contributed by atoms with E-state index in [1.807, 2.05) is 0 Å². The summed E-state index contributed by atoms with van der Waals surface area (Å²) in [7, 11) is 0. The van der Waals surface area contributed by atoms with E-state index in [-0.39, 0.29) is 10.8 Å². The molecule has 1 fully saturated rings. The fourth-order valence-electron chi connectivity index (χ4n) is 3.15. The van der Waals surface area contributed by atoms with Crippen LogP contribution in [-0.2, 0) is 4.74 Å². The highest BCUT2D eigenvalue weighted by atomic mass is 127. The minimum Gasteiger partial charge on any atom is -0.387 e. The molecule has 3 heterocycles. The average molecular weight is 557 g/mol. The highest BCUT2D eigenvalue weighted by Crippen LogP contribution is 2.33. The molecule has 4 atom stereocenters. The zero-order valence-corrected chi connectivity index (χ0v) is 18.6. The normalized spacial score (nSPS) is 23.1. The van der Waals surface area contributed by atoms with Crippen molar-refractivity contribution in [1.82, 2.24) is 19.5 Å². The van der Waals surface area contributed by atoms with E-state index in [0.717, 1.165) is 0 Å². The van der Waals surface area contributed by atoms with Crippen LogP contribution < -0.4 is 10.6 Å². The monoisotopic (exact) mass is 557 g/mol. The van der Waals surface area contributed by atoms with E-state index < -0.39 is 29.5 Å². The summed E-state index contributed by atoms with van der Waals surface area (Å²) in [5.74, 6) is 0.321. The lowest BCUT2D eigenvalue weighted by molar-refractivity contribution is -0.384. The predicted molar refractivity (Wildman–Crippen MR) is 123 cm³/mol. The number of aliphatic hydroxyl groups excluding tert-OH is 2. The molecule has 31 heavy (non-hydrogen) atoms. The number of nitro groups is 1. The van der Waals surface area contributed by atoms with Gasteiger partial charge in [-0.05, 0) is 24.4 Å². The number of thiocarbonyl (C=S) groups is 1. The van der Waals surface area contributed by atoms with Gasteiger partial charge in [0.25, 0.3) is 5.69 Å². The molecule has 1 aliphatic rings. The number of hydrogen-bond donors (Lipinski definition) is 4. The molecule has 1 aromatic carbocycles. The lowest BCUT2D eigenvalue weighted by Gasteiger charge is -2.16. The SMILES string of the molecule is O=[N+]([O-])c1ccc(NC(=S)Nc2ncnc3c2ncn3C2OC(CI)C(O)C2O)cc1. The third-order valence-corrected chi connectivity index (χ3v) is 5.76. The van der Waals surface area contributed by atoms with Crippen LogP contribution in [0.5, 0.6) is 0 Å². The highest BCUT2D eigenvalue weighted by Gasteiger charge is 2.43. The first kappa shape index (κ1) is 21.7. The second-order valence-corrected chi connectivity index (χ2v) is 7.92. The maximum atomic E-state index is 10.8. The van der Waals surface area contributed by atoms with Gasteiger partial charge in [-0.15, -0.1) is 0 Å². The number of anilines is 2. The van der Waals surface area contributed by atoms with Crippen LogP contribution in [0.25, 0.3) is 11.2 Å². The zero-order chi connectivity index (χ0) is 22.1. The van der Waals surface area contributed by atoms with Crippen LogP contribution in [0.4, 0.5) is 17.2 Å². The van der Waals surface area contributed by atoms with Crippen LogP contribution in [0.3, 0.4) is 0 Å². The lowest BCUT2D eigenvalue weighted by atomic mass is 10.1. The van der Waals surface area contributed by atoms with Crippen LogP contribution >= 0.6 is 34.8 Å². The van der Waals surface area contributed by atoms with Gasteiger partial charge >= 0.3 is 0 Å². The van der Waals surface area contributed by atoms with Gasteiger partial charge in [-0.3, -0.25) is 14.7 Å². The van der Waals surface area contributed by atoms with Crippen molar-refractivity contribution < 1.29 is 19.9 Å². The van der Waals surface area contributed by atoms with E-state index in [1.54, 1.807) is 0 Å². The van der Waals surface area contributed by atoms with E-state index in [0.29, 0.717) is 27.1 Å². The van der Waals surface area contributed by atoms with Crippen molar-refractivity contribution in [3.8, 4) is 0 Å². The number of aromatic nitrogens is 4. The van der Waals surface area contributed by atoms with Crippen molar-refractivity contribution >= 4 is 68.3 Å². The Labute approximate surface area is 194 Å². The topological polar surface area (TPSA) is 160 Å². The van der Waals surface area contributed by atoms with Crippen molar-refractivity contribution in [2.45, 2.75) is 24.5 Å². The highest BCUT2D eigenvalue weighted by molar-refractivity contribution is 14.1. The van der Waals surface area contributed by atoms with Crippen LogP contribution in [-0.4, -0.2) is 62.5 Å². The van der Waals surface area contributed by atoms with Crippen molar-refractivity contribution in [2.24, 2.45) is 0 Å². The fraction of sp³-hybridized carbons (Fsp3) is 0.294. The molecule has 1 aliphatic heterocycles. The molecule has 0 aliphatic carbocycles. The molecule has 4 N–H and O–H groups in total. The minimum absolute atomic E-state index is 0.0290. The van der Waals surface area contributed by atoms with E-state index >= 15 is 0 Å². The second kappa shape index (κ2) is 8.91. The van der Waals surface area contributed by atoms with Crippen molar-refractivity contribution in [1.29, 1.82) is 0 Å². The molecular weight excluding hydrogens is 541 g/mol. The molecular formula is C17H16IN7O5S. The summed E-state index contributed by atoms with van der Waals surface area (Å²) in [6, 6.07) is 5.79. The Morgan fingerprint density at radius 2 is 1.97 bits per heavy atom. The number of aliphatic hydroxyl groups is 2.